The third-order valence-corrected chi connectivity index (χ3v) is 3.80. The fourth-order valence-corrected chi connectivity index (χ4v) is 2.50. The van der Waals surface area contributed by atoms with Crippen molar-refractivity contribution in [2.45, 2.75) is 13.3 Å². The number of nitro benzene ring substituents is 1. The molecular formula is C15H13ClN2O6. The second-order valence-electron chi connectivity index (χ2n) is 5.52. The molecule has 0 saturated heterocycles. The van der Waals surface area contributed by atoms with E-state index in [9.17, 15) is 29.9 Å². The van der Waals surface area contributed by atoms with E-state index in [2.05, 4.69) is 5.32 Å². The molecule has 24 heavy (non-hydrogen) atoms. The summed E-state index contributed by atoms with van der Waals surface area (Å²) in [6.45, 7) is 1.38. The maximum absolute atomic E-state index is 11.4. The highest BCUT2D eigenvalue weighted by Gasteiger charge is 2.37. The summed E-state index contributed by atoms with van der Waals surface area (Å²) >= 11 is 5.74. The highest BCUT2D eigenvalue weighted by Crippen LogP contribution is 2.36. The molecule has 0 radical (unpaired) electrons. The van der Waals surface area contributed by atoms with E-state index < -0.39 is 22.3 Å². The van der Waals surface area contributed by atoms with E-state index in [1.165, 1.54) is 31.2 Å². The van der Waals surface area contributed by atoms with Crippen LogP contribution >= 0.6 is 11.6 Å². The highest BCUT2D eigenvalue weighted by molar-refractivity contribution is 6.30. The Morgan fingerprint density at radius 3 is 2.58 bits per heavy atom. The number of carbonyl (C=O) groups is 2. The maximum atomic E-state index is 11.4. The number of nitro groups is 1. The second-order valence-corrected chi connectivity index (χ2v) is 5.95. The van der Waals surface area contributed by atoms with E-state index in [0.717, 1.165) is 6.07 Å². The van der Waals surface area contributed by atoms with Crippen LogP contribution in [-0.4, -0.2) is 27.1 Å². The number of aliphatic carboxylic acids is 2. The van der Waals surface area contributed by atoms with Gasteiger partial charge in [-0.3, -0.25) is 14.9 Å². The Labute approximate surface area is 141 Å². The molecule has 1 aromatic carbocycles. The van der Waals surface area contributed by atoms with Gasteiger partial charge in [0, 0.05) is 22.4 Å². The average molecular weight is 353 g/mol. The standard InChI is InChI=1S/C15H13ClN2O6/c1-15(14(21)22)6-8(13(19)20)4-10(7-15)17-11-3-2-9(16)5-12(11)18(23)24/h2-5,7,17H,6H2,1H3,(H,19,20)(H,21,22). The maximum Gasteiger partial charge on any atom is 0.331 e. The van der Waals surface area contributed by atoms with Crippen molar-refractivity contribution in [3.8, 4) is 0 Å². The highest BCUT2D eigenvalue weighted by atomic mass is 35.5. The summed E-state index contributed by atoms with van der Waals surface area (Å²) in [5.74, 6) is -2.44. The number of hydrogen-bond acceptors (Lipinski definition) is 5. The number of carboxylic acid groups (broad SMARTS) is 2. The first-order valence-corrected chi connectivity index (χ1v) is 7.11. The van der Waals surface area contributed by atoms with Gasteiger partial charge < -0.3 is 15.5 Å². The molecule has 0 bridgehead atoms. The Bertz CT molecular complexity index is 801. The first-order chi connectivity index (χ1) is 11.1. The van der Waals surface area contributed by atoms with E-state index in [1.54, 1.807) is 0 Å². The molecule has 0 fully saturated rings. The molecule has 1 unspecified atom stereocenters. The minimum atomic E-state index is -1.44. The van der Waals surface area contributed by atoms with E-state index in [1.807, 2.05) is 0 Å². The molecular weight excluding hydrogens is 340 g/mol. The normalized spacial score (nSPS) is 19.9. The fraction of sp³-hybridized carbons (Fsp3) is 0.200. The van der Waals surface area contributed by atoms with Crippen LogP contribution in [0.1, 0.15) is 13.3 Å². The van der Waals surface area contributed by atoms with Crippen molar-refractivity contribution >= 4 is 34.9 Å². The summed E-state index contributed by atoms with van der Waals surface area (Å²) in [7, 11) is 0. The molecule has 126 valence electrons. The van der Waals surface area contributed by atoms with Gasteiger partial charge in [0.2, 0.25) is 0 Å². The molecule has 1 atom stereocenters. The summed E-state index contributed by atoms with van der Waals surface area (Å²) in [6, 6.07) is 3.94. The summed E-state index contributed by atoms with van der Waals surface area (Å²) < 4.78 is 0. The van der Waals surface area contributed by atoms with Gasteiger partial charge in [-0.25, -0.2) is 4.79 Å². The number of rotatable bonds is 5. The molecule has 3 N–H and O–H groups in total. The Kier molecular flexibility index (Phi) is 4.61. The molecule has 8 nitrogen and oxygen atoms in total. The zero-order valence-corrected chi connectivity index (χ0v) is 13.2. The molecule has 2 rings (SSSR count). The van der Waals surface area contributed by atoms with Crippen LogP contribution in [0.5, 0.6) is 0 Å². The van der Waals surface area contributed by atoms with Crippen molar-refractivity contribution in [2.24, 2.45) is 5.41 Å². The molecule has 0 saturated carbocycles. The predicted octanol–water partition coefficient (Wildman–Crippen LogP) is 3.05. The van der Waals surface area contributed by atoms with Crippen molar-refractivity contribution in [1.29, 1.82) is 0 Å². The summed E-state index contributed by atoms with van der Waals surface area (Å²) in [4.78, 5) is 33.1. The third-order valence-electron chi connectivity index (χ3n) is 3.56. The molecule has 0 heterocycles. The molecule has 0 aromatic heterocycles. The zero-order valence-electron chi connectivity index (χ0n) is 12.4. The number of nitrogens with one attached hydrogen (secondary N) is 1. The molecule has 0 spiro atoms. The first-order valence-electron chi connectivity index (χ1n) is 6.73. The Hall–Kier alpha value is -2.87. The van der Waals surface area contributed by atoms with Crippen molar-refractivity contribution in [1.82, 2.24) is 0 Å². The average Bonchev–Trinajstić information content (AvgIpc) is 2.48. The molecule has 1 aliphatic rings. The molecule has 0 amide bonds. The predicted molar refractivity (Wildman–Crippen MR) is 85.9 cm³/mol. The number of anilines is 1. The number of allylic oxidation sites excluding steroid dienone is 1. The summed E-state index contributed by atoms with van der Waals surface area (Å²) in [5.41, 5.74) is -1.63. The van der Waals surface area contributed by atoms with Crippen LogP contribution in [0.3, 0.4) is 0 Å². The van der Waals surface area contributed by atoms with Gasteiger partial charge in [-0.15, -0.1) is 0 Å². The number of benzene rings is 1. The first kappa shape index (κ1) is 17.5. The Morgan fingerprint density at radius 2 is 2.04 bits per heavy atom. The third kappa shape index (κ3) is 3.54. The number of halogens is 1. The van der Waals surface area contributed by atoms with Crippen LogP contribution < -0.4 is 5.32 Å². The summed E-state index contributed by atoms with van der Waals surface area (Å²) in [5, 5.41) is 32.5. The number of hydrogen-bond donors (Lipinski definition) is 3. The fourth-order valence-electron chi connectivity index (χ4n) is 2.33. The van der Waals surface area contributed by atoms with Gasteiger partial charge in [0.25, 0.3) is 5.69 Å². The van der Waals surface area contributed by atoms with Crippen LogP contribution in [0, 0.1) is 15.5 Å². The van der Waals surface area contributed by atoms with Crippen LogP contribution in [0.4, 0.5) is 11.4 Å². The lowest BCUT2D eigenvalue weighted by Gasteiger charge is -2.26. The van der Waals surface area contributed by atoms with E-state index in [4.69, 9.17) is 11.6 Å². The van der Waals surface area contributed by atoms with Gasteiger partial charge in [-0.05, 0) is 37.6 Å². The Morgan fingerprint density at radius 1 is 1.38 bits per heavy atom. The topological polar surface area (TPSA) is 130 Å². The van der Waals surface area contributed by atoms with Crippen molar-refractivity contribution in [2.75, 3.05) is 5.32 Å². The van der Waals surface area contributed by atoms with Crippen LogP contribution in [0.2, 0.25) is 5.02 Å². The van der Waals surface area contributed by atoms with Gasteiger partial charge in [0.05, 0.1) is 10.3 Å². The minimum absolute atomic E-state index is 0.0753. The zero-order chi connectivity index (χ0) is 18.1. The Balaban J connectivity index is 2.47. The minimum Gasteiger partial charge on any atom is -0.481 e. The van der Waals surface area contributed by atoms with Crippen molar-refractivity contribution in [3.63, 3.8) is 0 Å². The quantitative estimate of drug-likeness (QED) is 0.548. The number of nitrogens with zero attached hydrogens (tertiary/aromatic N) is 1. The molecule has 1 aromatic rings. The molecule has 9 heteroatoms. The van der Waals surface area contributed by atoms with Gasteiger partial charge in [-0.1, -0.05) is 11.6 Å². The molecule has 0 aliphatic heterocycles. The second kappa shape index (κ2) is 6.32. The van der Waals surface area contributed by atoms with Gasteiger partial charge in [0.1, 0.15) is 5.69 Å². The smallest absolute Gasteiger partial charge is 0.331 e. The van der Waals surface area contributed by atoms with E-state index in [0.29, 0.717) is 0 Å². The largest absolute Gasteiger partial charge is 0.481 e. The lowest BCUT2D eigenvalue weighted by molar-refractivity contribution is -0.383. The lowest BCUT2D eigenvalue weighted by Crippen LogP contribution is -2.30. The van der Waals surface area contributed by atoms with Gasteiger partial charge in [0.15, 0.2) is 0 Å². The van der Waals surface area contributed by atoms with Crippen LogP contribution in [-0.2, 0) is 9.59 Å². The van der Waals surface area contributed by atoms with E-state index in [-0.39, 0.29) is 34.1 Å². The van der Waals surface area contributed by atoms with Crippen molar-refractivity contribution < 1.29 is 24.7 Å². The van der Waals surface area contributed by atoms with Gasteiger partial charge in [-0.2, -0.15) is 0 Å². The SMILES string of the molecule is CC1(C(=O)O)C=C(Nc2ccc(Cl)cc2[N+](=O)[O-])C=C(C(=O)O)C1. The van der Waals surface area contributed by atoms with Crippen molar-refractivity contribution in [3.05, 3.63) is 56.8 Å². The lowest BCUT2D eigenvalue weighted by atomic mass is 9.79. The summed E-state index contributed by atoms with van der Waals surface area (Å²) in [6.07, 6.45) is 2.40. The van der Waals surface area contributed by atoms with Gasteiger partial charge >= 0.3 is 11.9 Å². The number of carboxylic acids is 2. The van der Waals surface area contributed by atoms with Crippen LogP contribution in [0.25, 0.3) is 0 Å². The van der Waals surface area contributed by atoms with E-state index >= 15 is 0 Å². The van der Waals surface area contributed by atoms with Crippen LogP contribution in [0.15, 0.2) is 41.6 Å². The monoisotopic (exact) mass is 352 g/mol. The molecule has 1 aliphatic carbocycles.